The molecule has 0 saturated carbocycles. The van der Waals surface area contributed by atoms with Gasteiger partial charge in [-0.15, -0.1) is 0 Å². The van der Waals surface area contributed by atoms with Gasteiger partial charge in [0.25, 0.3) is 0 Å². The smallest absolute Gasteiger partial charge is 0.246 e. The molecule has 1 aromatic rings. The molecular weight excluding hydrogens is 328 g/mol. The molecule has 2 N–H and O–H groups in total. The van der Waals surface area contributed by atoms with Gasteiger partial charge in [0.1, 0.15) is 16.5 Å². The number of piperazine rings is 1. The fraction of sp³-hybridized carbons (Fsp3) is 0.500. The Morgan fingerprint density at radius 2 is 1.87 bits per heavy atom. The third-order valence-corrected chi connectivity index (χ3v) is 5.77. The van der Waals surface area contributed by atoms with Crippen LogP contribution in [0.2, 0.25) is 0 Å². The van der Waals surface area contributed by atoms with Crippen molar-refractivity contribution in [3.05, 3.63) is 29.8 Å². The van der Waals surface area contributed by atoms with Crippen LogP contribution in [0.25, 0.3) is 0 Å². The predicted molar refractivity (Wildman–Crippen MR) is 79.9 cm³/mol. The van der Waals surface area contributed by atoms with Crippen LogP contribution in [0.4, 0.5) is 8.78 Å². The van der Waals surface area contributed by atoms with Crippen molar-refractivity contribution in [1.82, 2.24) is 9.21 Å². The fourth-order valence-corrected chi connectivity index (χ4v) is 3.85. The minimum absolute atomic E-state index is 0.0577. The molecule has 1 heterocycles. The lowest BCUT2D eigenvalue weighted by Crippen LogP contribution is -2.52. The average Bonchev–Trinajstić information content (AvgIpc) is 2.53. The van der Waals surface area contributed by atoms with Gasteiger partial charge in [0.15, 0.2) is 0 Å². The Hall–Kier alpha value is -1.58. The lowest BCUT2D eigenvalue weighted by molar-refractivity contribution is -0.135. The van der Waals surface area contributed by atoms with Crippen LogP contribution in [0.5, 0.6) is 0 Å². The Morgan fingerprint density at radius 3 is 2.39 bits per heavy atom. The number of hydrogen-bond acceptors (Lipinski definition) is 4. The highest BCUT2D eigenvalue weighted by atomic mass is 32.2. The number of sulfonamides is 1. The summed E-state index contributed by atoms with van der Waals surface area (Å²) in [4.78, 5) is 13.0. The van der Waals surface area contributed by atoms with E-state index in [1.807, 2.05) is 0 Å². The SMILES string of the molecule is CC(CN)C(=O)N1CCN(S(=O)(=O)c2ccc(F)cc2F)CC1. The summed E-state index contributed by atoms with van der Waals surface area (Å²) in [6, 6.07) is 2.35. The first-order chi connectivity index (χ1) is 10.8. The van der Waals surface area contributed by atoms with Gasteiger partial charge >= 0.3 is 0 Å². The first-order valence-electron chi connectivity index (χ1n) is 7.21. The van der Waals surface area contributed by atoms with Crippen LogP contribution >= 0.6 is 0 Å². The topological polar surface area (TPSA) is 83.7 Å². The zero-order valence-corrected chi connectivity index (χ0v) is 13.5. The van der Waals surface area contributed by atoms with Gasteiger partial charge in [-0.2, -0.15) is 4.31 Å². The summed E-state index contributed by atoms with van der Waals surface area (Å²) in [5.74, 6) is -2.42. The Bertz CT molecular complexity index is 689. The molecule has 0 aliphatic carbocycles. The van der Waals surface area contributed by atoms with E-state index in [1.54, 1.807) is 11.8 Å². The minimum Gasteiger partial charge on any atom is -0.340 e. The second kappa shape index (κ2) is 6.90. The minimum atomic E-state index is -4.06. The van der Waals surface area contributed by atoms with E-state index in [0.29, 0.717) is 6.07 Å². The van der Waals surface area contributed by atoms with E-state index in [2.05, 4.69) is 0 Å². The molecule has 1 atom stereocenters. The van der Waals surface area contributed by atoms with Gasteiger partial charge in [-0.3, -0.25) is 4.79 Å². The predicted octanol–water partition coefficient (Wildman–Crippen LogP) is 0.393. The van der Waals surface area contributed by atoms with Gasteiger partial charge in [-0.05, 0) is 12.1 Å². The first-order valence-corrected chi connectivity index (χ1v) is 8.65. The van der Waals surface area contributed by atoms with Crippen LogP contribution in [0, 0.1) is 17.6 Å². The molecule has 1 fully saturated rings. The summed E-state index contributed by atoms with van der Waals surface area (Å²) < 4.78 is 52.6. The summed E-state index contributed by atoms with van der Waals surface area (Å²) in [5.41, 5.74) is 5.45. The summed E-state index contributed by atoms with van der Waals surface area (Å²) in [6.45, 7) is 2.47. The Kier molecular flexibility index (Phi) is 5.33. The zero-order chi connectivity index (χ0) is 17.2. The van der Waals surface area contributed by atoms with E-state index in [4.69, 9.17) is 5.73 Å². The van der Waals surface area contributed by atoms with Crippen LogP contribution in [0.1, 0.15) is 6.92 Å². The molecule has 23 heavy (non-hydrogen) atoms. The third kappa shape index (κ3) is 3.67. The lowest BCUT2D eigenvalue weighted by Gasteiger charge is -2.35. The van der Waals surface area contributed by atoms with Crippen molar-refractivity contribution in [1.29, 1.82) is 0 Å². The number of carbonyl (C=O) groups is 1. The molecule has 0 aromatic heterocycles. The van der Waals surface area contributed by atoms with Crippen LogP contribution in [-0.4, -0.2) is 56.3 Å². The normalized spacial score (nSPS) is 18.0. The molecule has 6 nitrogen and oxygen atoms in total. The number of halogens is 2. The van der Waals surface area contributed by atoms with E-state index < -0.39 is 26.6 Å². The van der Waals surface area contributed by atoms with Crippen molar-refractivity contribution < 1.29 is 22.0 Å². The number of hydrogen-bond donors (Lipinski definition) is 1. The molecule has 1 amide bonds. The van der Waals surface area contributed by atoms with E-state index in [1.165, 1.54) is 0 Å². The third-order valence-electron chi connectivity index (χ3n) is 3.84. The summed E-state index contributed by atoms with van der Waals surface area (Å²) >= 11 is 0. The van der Waals surface area contributed by atoms with Crippen LogP contribution in [0.15, 0.2) is 23.1 Å². The number of nitrogens with two attached hydrogens (primary N) is 1. The van der Waals surface area contributed by atoms with Crippen molar-refractivity contribution in [3.63, 3.8) is 0 Å². The molecule has 1 aromatic carbocycles. The number of carbonyl (C=O) groups excluding carboxylic acids is 1. The van der Waals surface area contributed by atoms with Crippen LogP contribution < -0.4 is 5.73 Å². The van der Waals surface area contributed by atoms with Crippen LogP contribution in [0.3, 0.4) is 0 Å². The van der Waals surface area contributed by atoms with E-state index in [0.717, 1.165) is 16.4 Å². The molecule has 9 heteroatoms. The second-order valence-electron chi connectivity index (χ2n) is 5.44. The molecular formula is C14H19F2N3O3S. The van der Waals surface area contributed by atoms with Gasteiger partial charge in [0, 0.05) is 44.7 Å². The summed E-state index contributed by atoms with van der Waals surface area (Å²) in [5, 5.41) is 0. The quantitative estimate of drug-likeness (QED) is 0.854. The van der Waals surface area contributed by atoms with E-state index >= 15 is 0 Å². The number of rotatable bonds is 4. The molecule has 0 radical (unpaired) electrons. The molecule has 1 saturated heterocycles. The Morgan fingerprint density at radius 1 is 1.26 bits per heavy atom. The highest BCUT2D eigenvalue weighted by molar-refractivity contribution is 7.89. The van der Waals surface area contributed by atoms with Crippen molar-refractivity contribution in [3.8, 4) is 0 Å². The monoisotopic (exact) mass is 347 g/mol. The largest absolute Gasteiger partial charge is 0.340 e. The highest BCUT2D eigenvalue weighted by Gasteiger charge is 2.32. The van der Waals surface area contributed by atoms with Gasteiger partial charge in [-0.1, -0.05) is 6.92 Å². The molecule has 2 rings (SSSR count). The summed E-state index contributed by atoms with van der Waals surface area (Å²) in [6.07, 6.45) is 0. The van der Waals surface area contributed by atoms with E-state index in [9.17, 15) is 22.0 Å². The molecule has 0 spiro atoms. The maximum atomic E-state index is 13.7. The lowest BCUT2D eigenvalue weighted by atomic mass is 10.1. The zero-order valence-electron chi connectivity index (χ0n) is 12.7. The first kappa shape index (κ1) is 17.8. The molecule has 1 aliphatic rings. The van der Waals surface area contributed by atoms with Gasteiger partial charge < -0.3 is 10.6 Å². The Labute approximate surface area is 133 Å². The van der Waals surface area contributed by atoms with Crippen molar-refractivity contribution >= 4 is 15.9 Å². The number of amides is 1. The molecule has 128 valence electrons. The molecule has 0 bridgehead atoms. The molecule has 1 aliphatic heterocycles. The Balaban J connectivity index is 2.11. The van der Waals surface area contributed by atoms with Crippen molar-refractivity contribution in [2.45, 2.75) is 11.8 Å². The number of benzene rings is 1. The summed E-state index contributed by atoms with van der Waals surface area (Å²) in [7, 11) is -4.06. The van der Waals surface area contributed by atoms with Gasteiger partial charge in [0.05, 0.1) is 0 Å². The standard InChI is InChI=1S/C14H19F2N3O3S/c1-10(9-17)14(20)18-4-6-19(7-5-18)23(21,22)13-3-2-11(15)8-12(13)16/h2-3,8,10H,4-7,9,17H2,1H3. The van der Waals surface area contributed by atoms with Gasteiger partial charge in [0.2, 0.25) is 15.9 Å². The average molecular weight is 347 g/mol. The highest BCUT2D eigenvalue weighted by Crippen LogP contribution is 2.21. The maximum Gasteiger partial charge on any atom is 0.246 e. The fourth-order valence-electron chi connectivity index (χ4n) is 2.38. The van der Waals surface area contributed by atoms with Crippen molar-refractivity contribution in [2.75, 3.05) is 32.7 Å². The van der Waals surface area contributed by atoms with E-state index in [-0.39, 0.29) is 44.5 Å². The van der Waals surface area contributed by atoms with Crippen molar-refractivity contribution in [2.24, 2.45) is 11.7 Å². The van der Waals surface area contributed by atoms with Gasteiger partial charge in [-0.25, -0.2) is 17.2 Å². The second-order valence-corrected chi connectivity index (χ2v) is 7.35. The maximum absolute atomic E-state index is 13.7. The number of nitrogens with zero attached hydrogens (tertiary/aromatic N) is 2. The van der Waals surface area contributed by atoms with Crippen LogP contribution in [-0.2, 0) is 14.8 Å². The molecule has 1 unspecified atom stereocenters.